The Morgan fingerprint density at radius 3 is 2.38 bits per heavy atom. The van der Waals surface area contributed by atoms with Crippen LogP contribution in [0.15, 0.2) is 83.8 Å². The molecule has 194 valence electrons. The lowest BCUT2D eigenvalue weighted by Gasteiger charge is -2.34. The van der Waals surface area contributed by atoms with Crippen LogP contribution < -0.4 is 14.8 Å². The van der Waals surface area contributed by atoms with Gasteiger partial charge in [-0.15, -0.1) is 0 Å². The Balaban J connectivity index is 1.39. The van der Waals surface area contributed by atoms with Gasteiger partial charge < -0.3 is 20.1 Å². The van der Waals surface area contributed by atoms with Crippen LogP contribution in [0.5, 0.6) is 11.5 Å². The average molecular weight is 524 g/mol. The number of nitrogens with zero attached hydrogens (tertiary/aromatic N) is 1. The number of aliphatic hydroxyl groups is 1. The van der Waals surface area contributed by atoms with Gasteiger partial charge in [-0.25, -0.2) is 8.42 Å². The zero-order valence-corrected chi connectivity index (χ0v) is 21.0. The van der Waals surface area contributed by atoms with Crippen molar-refractivity contribution in [1.29, 1.82) is 0 Å². The summed E-state index contributed by atoms with van der Waals surface area (Å²) in [6, 6.07) is 20.9. The van der Waals surface area contributed by atoms with E-state index in [9.17, 15) is 23.1 Å². The van der Waals surface area contributed by atoms with Crippen LogP contribution in [0.4, 0.5) is 5.69 Å². The van der Waals surface area contributed by atoms with Crippen LogP contribution in [0, 0.1) is 0 Å². The van der Waals surface area contributed by atoms with Gasteiger partial charge in [-0.2, -0.15) is 0 Å². The molecule has 0 saturated carbocycles. The summed E-state index contributed by atoms with van der Waals surface area (Å²) in [4.78, 5) is 26.6. The third kappa shape index (κ3) is 6.66. The lowest BCUT2D eigenvalue weighted by molar-refractivity contribution is -0.134. The molecule has 1 aliphatic heterocycles. The van der Waals surface area contributed by atoms with E-state index < -0.39 is 15.9 Å². The van der Waals surface area contributed by atoms with E-state index in [1.54, 1.807) is 41.3 Å². The van der Waals surface area contributed by atoms with Crippen LogP contribution in [-0.2, 0) is 14.8 Å². The number of piperidine rings is 1. The van der Waals surface area contributed by atoms with Crippen LogP contribution in [0.1, 0.15) is 29.6 Å². The van der Waals surface area contributed by atoms with E-state index in [0.717, 1.165) is 19.3 Å². The van der Waals surface area contributed by atoms with Crippen molar-refractivity contribution in [3.05, 3.63) is 84.4 Å². The van der Waals surface area contributed by atoms with Gasteiger partial charge >= 0.3 is 0 Å². The number of aliphatic hydroxyl groups excluding tert-OH is 1. The monoisotopic (exact) mass is 523 g/mol. The van der Waals surface area contributed by atoms with Gasteiger partial charge in [0.2, 0.25) is 5.91 Å². The van der Waals surface area contributed by atoms with E-state index in [2.05, 4.69) is 10.0 Å². The molecule has 1 heterocycles. The summed E-state index contributed by atoms with van der Waals surface area (Å²) in [5, 5.41) is 12.1. The highest BCUT2D eigenvalue weighted by atomic mass is 32.2. The number of carbonyl (C=O) groups is 2. The number of anilines is 1. The first-order valence-electron chi connectivity index (χ1n) is 12.0. The summed E-state index contributed by atoms with van der Waals surface area (Å²) in [5.74, 6) is 0.154. The molecule has 0 aliphatic carbocycles. The topological polar surface area (TPSA) is 125 Å². The molecule has 1 atom stereocenters. The predicted molar refractivity (Wildman–Crippen MR) is 139 cm³/mol. The SMILES string of the molecule is O=C(NCC(=O)N1CCCCC1CO)c1ccc(S(=O)(=O)Nc2ccccc2Oc2ccccc2)cc1. The molecule has 3 aromatic rings. The van der Waals surface area contributed by atoms with E-state index in [-0.39, 0.29) is 41.2 Å². The minimum Gasteiger partial charge on any atom is -0.455 e. The van der Waals surface area contributed by atoms with Crippen LogP contribution in [0.2, 0.25) is 0 Å². The lowest BCUT2D eigenvalue weighted by Crippen LogP contribution is -2.49. The number of hydrogen-bond acceptors (Lipinski definition) is 6. The van der Waals surface area contributed by atoms with Crippen molar-refractivity contribution in [2.75, 3.05) is 24.4 Å². The fourth-order valence-electron chi connectivity index (χ4n) is 4.12. The quantitative estimate of drug-likeness (QED) is 0.395. The number of nitrogens with one attached hydrogen (secondary N) is 2. The highest BCUT2D eigenvalue weighted by Gasteiger charge is 2.26. The molecular formula is C27H29N3O6S. The van der Waals surface area contributed by atoms with Gasteiger partial charge in [-0.05, 0) is 67.8 Å². The predicted octanol–water partition coefficient (Wildman–Crippen LogP) is 3.38. The summed E-state index contributed by atoms with van der Waals surface area (Å²) in [5.41, 5.74) is 0.488. The van der Waals surface area contributed by atoms with Crippen molar-refractivity contribution in [3.63, 3.8) is 0 Å². The molecule has 4 rings (SSSR count). The number of hydrogen-bond donors (Lipinski definition) is 3. The van der Waals surface area contributed by atoms with Crippen LogP contribution in [-0.4, -0.2) is 56.0 Å². The number of likely N-dealkylation sites (tertiary alicyclic amines) is 1. The summed E-state index contributed by atoms with van der Waals surface area (Å²) >= 11 is 0. The largest absolute Gasteiger partial charge is 0.455 e. The Hall–Kier alpha value is -3.89. The fourth-order valence-corrected chi connectivity index (χ4v) is 5.19. The molecule has 0 bridgehead atoms. The zero-order valence-electron chi connectivity index (χ0n) is 20.2. The van der Waals surface area contributed by atoms with Crippen molar-refractivity contribution in [2.24, 2.45) is 0 Å². The summed E-state index contributed by atoms with van der Waals surface area (Å²) in [6.07, 6.45) is 2.56. The maximum Gasteiger partial charge on any atom is 0.262 e. The van der Waals surface area contributed by atoms with Gasteiger partial charge in [0, 0.05) is 12.1 Å². The van der Waals surface area contributed by atoms with Crippen molar-refractivity contribution in [3.8, 4) is 11.5 Å². The summed E-state index contributed by atoms with van der Waals surface area (Å²) in [7, 11) is -3.97. The molecule has 1 fully saturated rings. The Kier molecular flexibility index (Phi) is 8.42. The summed E-state index contributed by atoms with van der Waals surface area (Å²) in [6.45, 7) is 0.251. The van der Waals surface area contributed by atoms with Crippen molar-refractivity contribution >= 4 is 27.5 Å². The molecular weight excluding hydrogens is 494 g/mol. The number of ether oxygens (including phenoxy) is 1. The van der Waals surface area contributed by atoms with Crippen LogP contribution in [0.3, 0.4) is 0 Å². The fraction of sp³-hybridized carbons (Fsp3) is 0.259. The first-order valence-corrected chi connectivity index (χ1v) is 13.5. The first-order chi connectivity index (χ1) is 17.9. The van der Waals surface area contributed by atoms with Gasteiger partial charge in [-0.3, -0.25) is 14.3 Å². The van der Waals surface area contributed by atoms with Gasteiger partial charge in [0.1, 0.15) is 5.75 Å². The van der Waals surface area contributed by atoms with E-state index in [4.69, 9.17) is 4.74 Å². The number of amides is 2. The molecule has 1 aliphatic rings. The van der Waals surface area contributed by atoms with Crippen LogP contribution in [0.25, 0.3) is 0 Å². The Labute approximate surface area is 216 Å². The molecule has 37 heavy (non-hydrogen) atoms. The molecule has 1 unspecified atom stereocenters. The van der Waals surface area contributed by atoms with E-state index in [0.29, 0.717) is 18.0 Å². The Morgan fingerprint density at radius 1 is 0.946 bits per heavy atom. The van der Waals surface area contributed by atoms with Crippen molar-refractivity contribution in [2.45, 2.75) is 30.2 Å². The molecule has 0 radical (unpaired) electrons. The second kappa shape index (κ2) is 11.9. The average Bonchev–Trinajstić information content (AvgIpc) is 2.93. The second-order valence-electron chi connectivity index (χ2n) is 8.64. The number of rotatable bonds is 9. The van der Waals surface area contributed by atoms with E-state index in [1.165, 1.54) is 24.3 Å². The second-order valence-corrected chi connectivity index (χ2v) is 10.3. The van der Waals surface area contributed by atoms with Gasteiger partial charge in [0.25, 0.3) is 15.9 Å². The number of carbonyl (C=O) groups excluding carboxylic acids is 2. The normalized spacial score (nSPS) is 15.6. The standard InChI is InChI=1S/C27H29N3O6S/c31-19-21-8-6-7-17-30(21)26(32)18-28-27(33)20-13-15-23(16-14-20)37(34,35)29-24-11-4-5-12-25(24)36-22-9-2-1-3-10-22/h1-5,9-16,21,29,31H,6-8,17-19H2,(H,28,33). The number of para-hydroxylation sites is 3. The number of sulfonamides is 1. The smallest absolute Gasteiger partial charge is 0.262 e. The first kappa shape index (κ1) is 26.2. The summed E-state index contributed by atoms with van der Waals surface area (Å²) < 4.78 is 34.4. The van der Waals surface area contributed by atoms with E-state index in [1.807, 2.05) is 18.2 Å². The molecule has 1 saturated heterocycles. The maximum absolute atomic E-state index is 13.0. The van der Waals surface area contributed by atoms with Gasteiger partial charge in [0.15, 0.2) is 5.75 Å². The molecule has 3 aromatic carbocycles. The highest BCUT2D eigenvalue weighted by Crippen LogP contribution is 2.31. The van der Waals surface area contributed by atoms with Crippen molar-refractivity contribution < 1.29 is 27.9 Å². The molecule has 9 nitrogen and oxygen atoms in total. The van der Waals surface area contributed by atoms with Gasteiger partial charge in [0.05, 0.1) is 29.8 Å². The third-order valence-corrected chi connectivity index (χ3v) is 7.47. The molecule has 2 amide bonds. The van der Waals surface area contributed by atoms with Crippen LogP contribution >= 0.6 is 0 Å². The zero-order chi connectivity index (χ0) is 26.3. The molecule has 10 heteroatoms. The lowest BCUT2D eigenvalue weighted by atomic mass is 10.0. The number of benzene rings is 3. The highest BCUT2D eigenvalue weighted by molar-refractivity contribution is 7.92. The van der Waals surface area contributed by atoms with E-state index >= 15 is 0 Å². The minimum atomic E-state index is -3.97. The maximum atomic E-state index is 13.0. The molecule has 0 aromatic heterocycles. The Bertz CT molecular complexity index is 1330. The molecule has 0 spiro atoms. The Morgan fingerprint density at radius 2 is 1.65 bits per heavy atom. The minimum absolute atomic E-state index is 0.0336. The van der Waals surface area contributed by atoms with Gasteiger partial charge in [-0.1, -0.05) is 30.3 Å². The van der Waals surface area contributed by atoms with Crippen molar-refractivity contribution in [1.82, 2.24) is 10.2 Å². The molecule has 3 N–H and O–H groups in total. The third-order valence-electron chi connectivity index (χ3n) is 6.09.